The van der Waals surface area contributed by atoms with E-state index in [1.54, 1.807) is 0 Å². The van der Waals surface area contributed by atoms with Gasteiger partial charge in [0.1, 0.15) is 0 Å². The summed E-state index contributed by atoms with van der Waals surface area (Å²) in [6.07, 6.45) is 3.22. The van der Waals surface area contributed by atoms with Crippen molar-refractivity contribution in [3.63, 3.8) is 0 Å². The molecule has 0 aliphatic heterocycles. The molecular weight excluding hydrogens is 170 g/mol. The second-order valence-corrected chi connectivity index (χ2v) is 4.05. The molecule has 1 N–H and O–H groups in total. The van der Waals surface area contributed by atoms with Crippen LogP contribution in [0.3, 0.4) is 0 Å². The maximum Gasteiger partial charge on any atom is 0.0221 e. The van der Waals surface area contributed by atoms with E-state index in [9.17, 15) is 0 Å². The molecule has 1 nitrogen and oxygen atoms in total. The lowest BCUT2D eigenvalue weighted by atomic mass is 10.1. The zero-order valence-electron chi connectivity index (χ0n) is 8.61. The topological polar surface area (TPSA) is 12.0 Å². The van der Waals surface area contributed by atoms with Crippen molar-refractivity contribution < 1.29 is 0 Å². The summed E-state index contributed by atoms with van der Waals surface area (Å²) in [7, 11) is 0. The average Bonchev–Trinajstić information content (AvgIpc) is 2.98. The van der Waals surface area contributed by atoms with E-state index in [0.717, 1.165) is 5.92 Å². The maximum atomic E-state index is 3.78. The van der Waals surface area contributed by atoms with Gasteiger partial charge >= 0.3 is 0 Å². The SMILES string of the molecule is C=CC(C)NC1CC1c1ccccc1. The van der Waals surface area contributed by atoms with Crippen LogP contribution in [0.15, 0.2) is 43.0 Å². The lowest BCUT2D eigenvalue weighted by molar-refractivity contribution is 0.619. The highest BCUT2D eigenvalue weighted by Gasteiger charge is 2.38. The summed E-state index contributed by atoms with van der Waals surface area (Å²) < 4.78 is 0. The maximum absolute atomic E-state index is 3.78. The number of nitrogens with one attached hydrogen (secondary N) is 1. The molecule has 1 aromatic rings. The van der Waals surface area contributed by atoms with Crippen molar-refractivity contribution in [1.29, 1.82) is 0 Å². The molecule has 0 spiro atoms. The van der Waals surface area contributed by atoms with Crippen molar-refractivity contribution in [2.45, 2.75) is 31.3 Å². The Morgan fingerprint density at radius 3 is 2.79 bits per heavy atom. The van der Waals surface area contributed by atoms with Gasteiger partial charge < -0.3 is 5.32 Å². The third kappa shape index (κ3) is 2.05. The first-order valence-corrected chi connectivity index (χ1v) is 5.25. The highest BCUT2D eigenvalue weighted by molar-refractivity contribution is 5.27. The second kappa shape index (κ2) is 3.97. The van der Waals surface area contributed by atoms with Crippen molar-refractivity contribution in [3.8, 4) is 0 Å². The molecule has 1 heteroatoms. The first kappa shape index (κ1) is 9.47. The van der Waals surface area contributed by atoms with Gasteiger partial charge in [-0.3, -0.25) is 0 Å². The van der Waals surface area contributed by atoms with E-state index in [1.165, 1.54) is 12.0 Å². The third-order valence-electron chi connectivity index (χ3n) is 2.85. The Bertz CT molecular complexity index is 304. The molecule has 0 radical (unpaired) electrons. The minimum absolute atomic E-state index is 0.425. The molecule has 1 aliphatic rings. The Morgan fingerprint density at radius 2 is 2.14 bits per heavy atom. The summed E-state index contributed by atoms with van der Waals surface area (Å²) >= 11 is 0. The van der Waals surface area contributed by atoms with E-state index < -0.39 is 0 Å². The predicted molar refractivity (Wildman–Crippen MR) is 60.4 cm³/mol. The summed E-state index contributed by atoms with van der Waals surface area (Å²) in [4.78, 5) is 0. The van der Waals surface area contributed by atoms with Crippen LogP contribution in [0.1, 0.15) is 24.8 Å². The van der Waals surface area contributed by atoms with E-state index in [4.69, 9.17) is 0 Å². The molecule has 74 valence electrons. The van der Waals surface area contributed by atoms with Crippen molar-refractivity contribution in [2.75, 3.05) is 0 Å². The molecule has 0 saturated heterocycles. The van der Waals surface area contributed by atoms with Crippen LogP contribution in [-0.2, 0) is 0 Å². The summed E-state index contributed by atoms with van der Waals surface area (Å²) in [6.45, 7) is 5.92. The van der Waals surface area contributed by atoms with Crippen LogP contribution in [0, 0.1) is 0 Å². The van der Waals surface area contributed by atoms with E-state index in [1.807, 2.05) is 6.08 Å². The molecule has 0 amide bonds. The molecule has 3 unspecified atom stereocenters. The fraction of sp³-hybridized carbons (Fsp3) is 0.385. The fourth-order valence-electron chi connectivity index (χ4n) is 1.85. The van der Waals surface area contributed by atoms with Gasteiger partial charge in [-0.2, -0.15) is 0 Å². The molecule has 1 saturated carbocycles. The molecule has 2 rings (SSSR count). The van der Waals surface area contributed by atoms with Crippen molar-refractivity contribution in [1.82, 2.24) is 5.32 Å². The Balaban J connectivity index is 1.90. The highest BCUT2D eigenvalue weighted by atomic mass is 15.0. The largest absolute Gasteiger partial charge is 0.307 e. The van der Waals surface area contributed by atoms with Crippen LogP contribution >= 0.6 is 0 Å². The Kier molecular flexibility index (Phi) is 2.69. The van der Waals surface area contributed by atoms with Crippen molar-refractivity contribution in [2.24, 2.45) is 0 Å². The quantitative estimate of drug-likeness (QED) is 0.715. The van der Waals surface area contributed by atoms with E-state index >= 15 is 0 Å². The first-order chi connectivity index (χ1) is 6.81. The number of rotatable bonds is 4. The molecule has 1 fully saturated rings. The monoisotopic (exact) mass is 187 g/mol. The second-order valence-electron chi connectivity index (χ2n) is 4.05. The Labute approximate surface area is 85.8 Å². The van der Waals surface area contributed by atoms with E-state index in [2.05, 4.69) is 49.2 Å². The lowest BCUT2D eigenvalue weighted by Gasteiger charge is -2.08. The van der Waals surface area contributed by atoms with E-state index in [-0.39, 0.29) is 0 Å². The molecule has 3 atom stereocenters. The minimum Gasteiger partial charge on any atom is -0.307 e. The van der Waals surface area contributed by atoms with Gasteiger partial charge in [0.25, 0.3) is 0 Å². The van der Waals surface area contributed by atoms with Crippen molar-refractivity contribution in [3.05, 3.63) is 48.6 Å². The Morgan fingerprint density at radius 1 is 1.43 bits per heavy atom. The van der Waals surface area contributed by atoms with Gasteiger partial charge in [-0.25, -0.2) is 0 Å². The summed E-state index contributed by atoms with van der Waals surface area (Å²) in [5.41, 5.74) is 1.46. The van der Waals surface area contributed by atoms with Gasteiger partial charge in [0.05, 0.1) is 0 Å². The molecule has 1 aliphatic carbocycles. The van der Waals surface area contributed by atoms with Gasteiger partial charge in [-0.05, 0) is 18.9 Å². The number of benzene rings is 1. The normalized spacial score (nSPS) is 26.9. The summed E-state index contributed by atoms with van der Waals surface area (Å²) in [5.74, 6) is 0.721. The molecule has 14 heavy (non-hydrogen) atoms. The van der Waals surface area contributed by atoms with Gasteiger partial charge in [0.2, 0.25) is 0 Å². The van der Waals surface area contributed by atoms with Crippen LogP contribution in [0.25, 0.3) is 0 Å². The third-order valence-corrected chi connectivity index (χ3v) is 2.85. The lowest BCUT2D eigenvalue weighted by Crippen LogP contribution is -2.26. The van der Waals surface area contributed by atoms with Gasteiger partial charge in [-0.1, -0.05) is 36.4 Å². The number of hydrogen-bond donors (Lipinski definition) is 1. The van der Waals surface area contributed by atoms with Gasteiger partial charge in [0.15, 0.2) is 0 Å². The fourth-order valence-corrected chi connectivity index (χ4v) is 1.85. The van der Waals surface area contributed by atoms with Crippen LogP contribution in [0.4, 0.5) is 0 Å². The van der Waals surface area contributed by atoms with Crippen LogP contribution < -0.4 is 5.32 Å². The zero-order valence-corrected chi connectivity index (χ0v) is 8.61. The average molecular weight is 187 g/mol. The highest BCUT2D eigenvalue weighted by Crippen LogP contribution is 2.40. The van der Waals surface area contributed by atoms with Crippen LogP contribution in [-0.4, -0.2) is 12.1 Å². The van der Waals surface area contributed by atoms with E-state index in [0.29, 0.717) is 12.1 Å². The first-order valence-electron chi connectivity index (χ1n) is 5.25. The molecule has 0 heterocycles. The van der Waals surface area contributed by atoms with Crippen LogP contribution in [0.5, 0.6) is 0 Å². The summed E-state index contributed by atoms with van der Waals surface area (Å²) in [5, 5.41) is 3.53. The number of hydrogen-bond acceptors (Lipinski definition) is 1. The standard InChI is InChI=1S/C13H17N/c1-3-10(2)14-13-9-12(13)11-7-5-4-6-8-11/h3-8,10,12-14H,1,9H2,2H3. The van der Waals surface area contributed by atoms with Crippen LogP contribution in [0.2, 0.25) is 0 Å². The minimum atomic E-state index is 0.425. The Hall–Kier alpha value is -1.08. The molecule has 0 aromatic heterocycles. The smallest absolute Gasteiger partial charge is 0.0221 e. The van der Waals surface area contributed by atoms with Gasteiger partial charge in [0, 0.05) is 18.0 Å². The molecule has 0 bridgehead atoms. The van der Waals surface area contributed by atoms with Crippen molar-refractivity contribution >= 4 is 0 Å². The van der Waals surface area contributed by atoms with Gasteiger partial charge in [-0.15, -0.1) is 6.58 Å². The summed E-state index contributed by atoms with van der Waals surface area (Å²) in [6, 6.07) is 11.8. The predicted octanol–water partition coefficient (Wildman–Crippen LogP) is 2.71. The zero-order chi connectivity index (χ0) is 9.97. The molecular formula is C13H17N. The molecule has 1 aromatic carbocycles.